The fourth-order valence-electron chi connectivity index (χ4n) is 3.96. The number of piperidine rings is 1. The molecule has 9 heteroatoms. The Morgan fingerprint density at radius 3 is 2.21 bits per heavy atom. The molecule has 0 aliphatic carbocycles. The number of amides is 4. The Labute approximate surface area is 204 Å². The predicted octanol–water partition coefficient (Wildman–Crippen LogP) is 3.64. The number of nitrogens with zero attached hydrogens (tertiary/aromatic N) is 2. The van der Waals surface area contributed by atoms with Crippen LogP contribution < -0.4 is 10.6 Å². The maximum absolute atomic E-state index is 13.2. The van der Waals surface area contributed by atoms with Crippen LogP contribution in [0.4, 0.5) is 11.4 Å². The summed E-state index contributed by atoms with van der Waals surface area (Å²) in [5.74, 6) is -1.10. The number of benzene rings is 2. The number of anilines is 2. The van der Waals surface area contributed by atoms with Crippen molar-refractivity contribution in [2.24, 2.45) is 5.92 Å². The van der Waals surface area contributed by atoms with Crippen molar-refractivity contribution in [2.75, 3.05) is 36.8 Å². The molecule has 0 unspecified atom stereocenters. The lowest BCUT2D eigenvalue weighted by molar-refractivity contribution is -0.139. The van der Waals surface area contributed by atoms with Crippen LogP contribution >= 0.6 is 11.6 Å². The van der Waals surface area contributed by atoms with E-state index in [1.807, 2.05) is 6.92 Å². The molecule has 1 saturated heterocycles. The van der Waals surface area contributed by atoms with Gasteiger partial charge < -0.3 is 20.4 Å². The summed E-state index contributed by atoms with van der Waals surface area (Å²) in [6.45, 7) is 4.47. The smallest absolute Gasteiger partial charge is 0.253 e. The van der Waals surface area contributed by atoms with E-state index in [9.17, 15) is 19.2 Å². The van der Waals surface area contributed by atoms with E-state index in [4.69, 9.17) is 11.6 Å². The molecule has 1 atom stereocenters. The Morgan fingerprint density at radius 2 is 1.62 bits per heavy atom. The fourth-order valence-corrected chi connectivity index (χ4v) is 4.08. The summed E-state index contributed by atoms with van der Waals surface area (Å²) in [6, 6.07) is 13.5. The van der Waals surface area contributed by atoms with Gasteiger partial charge in [0, 0.05) is 48.5 Å². The van der Waals surface area contributed by atoms with Crippen LogP contribution in [-0.4, -0.2) is 59.6 Å². The van der Waals surface area contributed by atoms with E-state index in [1.165, 1.54) is 11.8 Å². The molecule has 1 fully saturated rings. The highest BCUT2D eigenvalue weighted by atomic mass is 35.5. The fraction of sp³-hybridized carbons (Fsp3) is 0.360. The van der Waals surface area contributed by atoms with Crippen LogP contribution in [0.15, 0.2) is 48.5 Å². The first kappa shape index (κ1) is 25.2. The average molecular weight is 485 g/mol. The highest BCUT2D eigenvalue weighted by molar-refractivity contribution is 6.30. The number of likely N-dealkylation sites (N-methyl/N-ethyl adjacent to an activating group) is 1. The highest BCUT2D eigenvalue weighted by Gasteiger charge is 2.31. The van der Waals surface area contributed by atoms with Crippen molar-refractivity contribution in [3.8, 4) is 0 Å². The van der Waals surface area contributed by atoms with Gasteiger partial charge in [-0.15, -0.1) is 0 Å². The van der Waals surface area contributed by atoms with Crippen LogP contribution in [0.5, 0.6) is 0 Å². The molecule has 1 heterocycles. The first-order valence-electron chi connectivity index (χ1n) is 11.3. The maximum Gasteiger partial charge on any atom is 0.253 e. The molecule has 2 N–H and O–H groups in total. The third kappa shape index (κ3) is 6.81. The van der Waals surface area contributed by atoms with Crippen LogP contribution in [0.2, 0.25) is 5.02 Å². The molecular formula is C25H29ClN4O4. The topological polar surface area (TPSA) is 98.8 Å². The molecule has 180 valence electrons. The van der Waals surface area contributed by atoms with Gasteiger partial charge in [-0.05, 0) is 68.3 Å². The Hall–Kier alpha value is -3.39. The van der Waals surface area contributed by atoms with Gasteiger partial charge in [0.1, 0.15) is 0 Å². The van der Waals surface area contributed by atoms with Crippen molar-refractivity contribution in [2.45, 2.75) is 26.7 Å². The van der Waals surface area contributed by atoms with Gasteiger partial charge in [-0.1, -0.05) is 11.6 Å². The molecule has 2 aromatic rings. The quantitative estimate of drug-likeness (QED) is 0.626. The van der Waals surface area contributed by atoms with Gasteiger partial charge in [-0.2, -0.15) is 0 Å². The van der Waals surface area contributed by atoms with E-state index >= 15 is 0 Å². The Morgan fingerprint density at radius 1 is 1.00 bits per heavy atom. The minimum absolute atomic E-state index is 0.0790. The summed E-state index contributed by atoms with van der Waals surface area (Å²) in [6.07, 6.45) is 1.39. The van der Waals surface area contributed by atoms with Crippen molar-refractivity contribution in [1.29, 1.82) is 0 Å². The second-order valence-electron chi connectivity index (χ2n) is 8.26. The normalized spacial score (nSPS) is 15.4. The SMILES string of the molecule is CCN(CC(=O)Nc1ccc(NC(C)=O)cc1)C(=O)[C@H]1CCCN(C(=O)c2ccc(Cl)cc2)C1. The minimum Gasteiger partial charge on any atom is -0.338 e. The van der Waals surface area contributed by atoms with E-state index in [2.05, 4.69) is 10.6 Å². The van der Waals surface area contributed by atoms with Gasteiger partial charge >= 0.3 is 0 Å². The summed E-state index contributed by atoms with van der Waals surface area (Å²) >= 11 is 5.91. The van der Waals surface area contributed by atoms with Gasteiger partial charge in [0.05, 0.1) is 12.5 Å². The van der Waals surface area contributed by atoms with Crippen molar-refractivity contribution in [1.82, 2.24) is 9.80 Å². The van der Waals surface area contributed by atoms with Crippen LogP contribution in [0.25, 0.3) is 0 Å². The number of halogens is 1. The van der Waals surface area contributed by atoms with Crippen molar-refractivity contribution < 1.29 is 19.2 Å². The summed E-state index contributed by atoms with van der Waals surface area (Å²) in [5.41, 5.74) is 1.74. The molecule has 0 spiro atoms. The molecule has 1 aliphatic rings. The molecule has 4 amide bonds. The molecule has 0 saturated carbocycles. The number of carbonyl (C=O) groups excluding carboxylic acids is 4. The molecule has 3 rings (SSSR count). The zero-order valence-corrected chi connectivity index (χ0v) is 20.1. The van der Waals surface area contributed by atoms with E-state index in [0.717, 1.165) is 6.42 Å². The van der Waals surface area contributed by atoms with E-state index < -0.39 is 0 Å². The van der Waals surface area contributed by atoms with Crippen LogP contribution in [0.1, 0.15) is 37.0 Å². The van der Waals surface area contributed by atoms with Gasteiger partial charge in [-0.3, -0.25) is 19.2 Å². The zero-order chi connectivity index (χ0) is 24.7. The van der Waals surface area contributed by atoms with Gasteiger partial charge in [0.25, 0.3) is 5.91 Å². The van der Waals surface area contributed by atoms with Crippen molar-refractivity contribution in [3.05, 3.63) is 59.1 Å². The molecule has 0 radical (unpaired) electrons. The third-order valence-corrected chi connectivity index (χ3v) is 5.92. The monoisotopic (exact) mass is 484 g/mol. The summed E-state index contributed by atoms with van der Waals surface area (Å²) < 4.78 is 0. The van der Waals surface area contributed by atoms with Crippen LogP contribution in [0, 0.1) is 5.92 Å². The average Bonchev–Trinajstić information content (AvgIpc) is 2.83. The molecule has 1 aliphatic heterocycles. The number of hydrogen-bond acceptors (Lipinski definition) is 4. The summed E-state index contributed by atoms with van der Waals surface area (Å²) in [7, 11) is 0. The lowest BCUT2D eigenvalue weighted by Crippen LogP contribution is -2.48. The third-order valence-electron chi connectivity index (χ3n) is 5.67. The molecule has 34 heavy (non-hydrogen) atoms. The second-order valence-corrected chi connectivity index (χ2v) is 8.69. The number of nitrogens with one attached hydrogen (secondary N) is 2. The van der Waals surface area contributed by atoms with Crippen LogP contribution in [0.3, 0.4) is 0 Å². The van der Waals surface area contributed by atoms with Crippen molar-refractivity contribution >= 4 is 46.6 Å². The lowest BCUT2D eigenvalue weighted by atomic mass is 9.95. The number of likely N-dealkylation sites (tertiary alicyclic amines) is 1. The molecular weight excluding hydrogens is 456 g/mol. The predicted molar refractivity (Wildman–Crippen MR) is 132 cm³/mol. The van der Waals surface area contributed by atoms with E-state index in [1.54, 1.807) is 53.4 Å². The number of hydrogen-bond donors (Lipinski definition) is 2. The van der Waals surface area contributed by atoms with E-state index in [0.29, 0.717) is 48.0 Å². The molecule has 0 aromatic heterocycles. The van der Waals surface area contributed by atoms with Crippen LogP contribution in [-0.2, 0) is 14.4 Å². The molecule has 2 aromatic carbocycles. The Kier molecular flexibility index (Phi) is 8.65. The Bertz CT molecular complexity index is 1040. The number of carbonyl (C=O) groups is 4. The highest BCUT2D eigenvalue weighted by Crippen LogP contribution is 2.22. The second kappa shape index (κ2) is 11.7. The van der Waals surface area contributed by atoms with Gasteiger partial charge in [-0.25, -0.2) is 0 Å². The zero-order valence-electron chi connectivity index (χ0n) is 19.3. The minimum atomic E-state index is -0.352. The Balaban J connectivity index is 1.57. The standard InChI is InChI=1S/C25H29ClN4O4/c1-3-29(16-23(32)28-22-12-10-21(11-13-22)27-17(2)31)25(34)19-5-4-14-30(15-19)24(33)18-6-8-20(26)9-7-18/h6-13,19H,3-5,14-16H2,1-2H3,(H,27,31)(H,28,32)/t19-/m0/s1. The first-order chi connectivity index (χ1) is 16.3. The van der Waals surface area contributed by atoms with E-state index in [-0.39, 0.29) is 36.1 Å². The lowest BCUT2D eigenvalue weighted by Gasteiger charge is -2.34. The molecule has 8 nitrogen and oxygen atoms in total. The maximum atomic E-state index is 13.2. The van der Waals surface area contributed by atoms with Gasteiger partial charge in [0.15, 0.2) is 0 Å². The number of rotatable bonds is 7. The van der Waals surface area contributed by atoms with Crippen molar-refractivity contribution in [3.63, 3.8) is 0 Å². The first-order valence-corrected chi connectivity index (χ1v) is 11.7. The largest absolute Gasteiger partial charge is 0.338 e. The summed E-state index contributed by atoms with van der Waals surface area (Å²) in [5, 5.41) is 6.00. The summed E-state index contributed by atoms with van der Waals surface area (Å²) in [4.78, 5) is 52.9. The van der Waals surface area contributed by atoms with Gasteiger partial charge in [0.2, 0.25) is 17.7 Å². The molecule has 0 bridgehead atoms.